The second kappa shape index (κ2) is 25.1. The number of hydrogen-bond acceptors (Lipinski definition) is 6. The van der Waals surface area contributed by atoms with Crippen LogP contribution in [0.5, 0.6) is 23.0 Å². The third-order valence-corrected chi connectivity index (χ3v) is 14.6. The van der Waals surface area contributed by atoms with E-state index in [-0.39, 0.29) is 49.8 Å². The molecule has 12 aromatic rings. The average molecular weight is 1110 g/mol. The molecule has 2 atom stereocenters. The molecule has 13 rings (SSSR count). The summed E-state index contributed by atoms with van der Waals surface area (Å²) in [4.78, 5) is 10.5. The third-order valence-electron chi connectivity index (χ3n) is 14.6. The molecule has 1 aliphatic rings. The number of fused-ring (bicyclic) bond motifs is 4. The van der Waals surface area contributed by atoms with E-state index in [4.69, 9.17) is 20.2 Å². The van der Waals surface area contributed by atoms with E-state index in [2.05, 4.69) is 158 Å². The van der Waals surface area contributed by atoms with Gasteiger partial charge in [0.2, 0.25) is 0 Å². The smallest absolute Gasteiger partial charge is 0.132 e. The maximum Gasteiger partial charge on any atom is 0.132 e. The summed E-state index contributed by atoms with van der Waals surface area (Å²) in [5.74, 6) is 1.07. The zero-order valence-electron chi connectivity index (χ0n) is 43.6. The summed E-state index contributed by atoms with van der Waals surface area (Å²) in [6.07, 6.45) is 7.60. The van der Waals surface area contributed by atoms with E-state index in [1.807, 2.05) is 61.0 Å². The van der Waals surface area contributed by atoms with Gasteiger partial charge in [-0.05, 0) is 115 Å². The summed E-state index contributed by atoms with van der Waals surface area (Å²) < 4.78 is 0. The summed E-state index contributed by atoms with van der Waals surface area (Å²) in [5, 5.41) is 50.6. The van der Waals surface area contributed by atoms with Gasteiger partial charge in [0.25, 0.3) is 0 Å². The Morgan fingerprint density at radius 2 is 0.620 bits per heavy atom. The van der Waals surface area contributed by atoms with Crippen LogP contribution in [0.2, 0.25) is 0 Å². The molecular formula is C72H58N2O4Zr. The zero-order valence-corrected chi connectivity index (χ0v) is 46.0. The Kier molecular flexibility index (Phi) is 17.0. The van der Waals surface area contributed by atoms with Gasteiger partial charge in [-0.3, -0.25) is 9.98 Å². The van der Waals surface area contributed by atoms with Gasteiger partial charge in [-0.2, -0.15) is 0 Å². The predicted molar refractivity (Wildman–Crippen MR) is 325 cm³/mol. The molecule has 0 radical (unpaired) electrons. The van der Waals surface area contributed by atoms with Gasteiger partial charge in [0.05, 0.1) is 12.1 Å². The predicted octanol–water partition coefficient (Wildman–Crippen LogP) is 18.0. The van der Waals surface area contributed by atoms with Crippen molar-refractivity contribution < 1.29 is 46.6 Å². The average Bonchev–Trinajstić information content (AvgIpc) is 3.66. The Bertz CT molecular complexity index is 3830. The topological polar surface area (TPSA) is 106 Å². The van der Waals surface area contributed by atoms with Crippen LogP contribution >= 0.6 is 0 Å². The minimum Gasteiger partial charge on any atom is -0.508 e. The van der Waals surface area contributed by atoms with E-state index < -0.39 is 0 Å². The summed E-state index contributed by atoms with van der Waals surface area (Å²) >= 11 is 0. The van der Waals surface area contributed by atoms with Crippen LogP contribution in [0, 0.1) is 0 Å². The van der Waals surface area contributed by atoms with Gasteiger partial charge >= 0.3 is 0 Å². The summed E-state index contributed by atoms with van der Waals surface area (Å²) in [7, 11) is 0. The van der Waals surface area contributed by atoms with Crippen LogP contribution in [-0.4, -0.2) is 44.9 Å². The maximum atomic E-state index is 12.5. The fraction of sp³-hybridized carbons (Fsp3) is 0.0833. The minimum atomic E-state index is -0.0958. The molecule has 0 unspecified atom stereocenters. The number of aromatic hydroxyl groups is 4. The van der Waals surface area contributed by atoms with Crippen molar-refractivity contribution in [2.45, 2.75) is 37.8 Å². The van der Waals surface area contributed by atoms with Gasteiger partial charge < -0.3 is 20.4 Å². The third kappa shape index (κ3) is 11.8. The number of aliphatic imine (C=N–C) groups is 2. The molecule has 0 heterocycles. The van der Waals surface area contributed by atoms with Crippen molar-refractivity contribution in [1.82, 2.24) is 0 Å². The minimum absolute atomic E-state index is 0. The molecular weight excluding hydrogens is 1050 g/mol. The van der Waals surface area contributed by atoms with Crippen molar-refractivity contribution in [2.24, 2.45) is 9.98 Å². The maximum absolute atomic E-state index is 12.5. The van der Waals surface area contributed by atoms with Gasteiger partial charge in [-0.25, -0.2) is 0 Å². The van der Waals surface area contributed by atoms with E-state index in [0.29, 0.717) is 22.6 Å². The van der Waals surface area contributed by atoms with Crippen molar-refractivity contribution in [3.05, 3.63) is 266 Å². The van der Waals surface area contributed by atoms with Crippen LogP contribution in [0.15, 0.2) is 265 Å². The number of phenolic OH excluding ortho intramolecular Hbond substituents is 4. The van der Waals surface area contributed by atoms with E-state index in [9.17, 15) is 10.2 Å². The molecule has 0 spiro atoms. The second-order valence-electron chi connectivity index (χ2n) is 19.6. The van der Waals surface area contributed by atoms with Crippen molar-refractivity contribution in [2.75, 3.05) is 0 Å². The first kappa shape index (κ1) is 53.5. The second-order valence-corrected chi connectivity index (χ2v) is 19.6. The first-order valence-electron chi connectivity index (χ1n) is 26.6. The number of rotatable bonds is 8. The monoisotopic (exact) mass is 1100 g/mol. The molecule has 12 aromatic carbocycles. The quantitative estimate of drug-likeness (QED) is 0.114. The van der Waals surface area contributed by atoms with Crippen LogP contribution in [-0.2, 0) is 26.2 Å². The van der Waals surface area contributed by atoms with Crippen molar-refractivity contribution in [3.63, 3.8) is 0 Å². The Morgan fingerprint density at radius 3 is 0.962 bits per heavy atom. The molecule has 6 nitrogen and oxygen atoms in total. The van der Waals surface area contributed by atoms with Gasteiger partial charge in [0.1, 0.15) is 23.0 Å². The van der Waals surface area contributed by atoms with E-state index in [1.54, 1.807) is 48.5 Å². The van der Waals surface area contributed by atoms with Gasteiger partial charge in [0.15, 0.2) is 0 Å². The van der Waals surface area contributed by atoms with Crippen molar-refractivity contribution >= 4 is 55.5 Å². The number of para-hydroxylation sites is 2. The molecule has 0 amide bonds. The molecule has 79 heavy (non-hydrogen) atoms. The molecule has 1 saturated carbocycles. The van der Waals surface area contributed by atoms with Gasteiger partial charge in [-0.1, -0.05) is 231 Å². The molecule has 0 aliphatic heterocycles. The van der Waals surface area contributed by atoms with E-state index in [1.165, 1.54) is 0 Å². The summed E-state index contributed by atoms with van der Waals surface area (Å²) in [5.41, 5.74) is 9.27. The van der Waals surface area contributed by atoms with Crippen LogP contribution < -0.4 is 0 Å². The first-order valence-corrected chi connectivity index (χ1v) is 26.6. The Morgan fingerprint density at radius 1 is 0.316 bits per heavy atom. The molecule has 384 valence electrons. The van der Waals surface area contributed by atoms with E-state index >= 15 is 0 Å². The first-order chi connectivity index (χ1) is 38.4. The number of phenols is 4. The zero-order chi connectivity index (χ0) is 53.2. The van der Waals surface area contributed by atoms with Crippen LogP contribution in [0.4, 0.5) is 0 Å². The number of nitrogens with zero attached hydrogens (tertiary/aromatic N) is 2. The molecule has 4 N–H and O–H groups in total. The van der Waals surface area contributed by atoms with Crippen LogP contribution in [0.25, 0.3) is 87.6 Å². The summed E-state index contributed by atoms with van der Waals surface area (Å²) in [6, 6.07) is 84.3. The fourth-order valence-corrected chi connectivity index (χ4v) is 10.9. The normalized spacial score (nSPS) is 14.1. The number of benzene rings is 12. The number of hydrogen-bond donors (Lipinski definition) is 4. The Balaban J connectivity index is 0.000000410. The molecule has 0 saturated heterocycles. The largest absolute Gasteiger partial charge is 0.508 e. The Labute approximate surface area is 480 Å². The van der Waals surface area contributed by atoms with Gasteiger partial charge in [-0.15, -0.1) is 0 Å². The molecule has 7 heteroatoms. The van der Waals surface area contributed by atoms with Crippen molar-refractivity contribution in [3.8, 4) is 67.5 Å². The molecule has 1 aliphatic carbocycles. The Hall–Kier alpha value is -8.90. The molecule has 0 aromatic heterocycles. The van der Waals surface area contributed by atoms with Crippen LogP contribution in [0.1, 0.15) is 36.8 Å². The molecule has 1 fully saturated rings. The fourth-order valence-electron chi connectivity index (χ4n) is 10.9. The SMILES string of the molecule is Oc1c(C=N[C@H]2CCCC[C@@H]2N=Cc2cc3ccccc3c(-c3c(-c4ccccc4)ccc4ccccc34)c2O)cc2ccccc2c1-c1c(-c2ccccc2)ccc2ccccc12.Oc1ccccc1.Oc1ccccc1.[Zr]. The van der Waals surface area contributed by atoms with E-state index in [0.717, 1.165) is 113 Å². The van der Waals surface area contributed by atoms with Gasteiger partial charge in [0, 0.05) is 72.0 Å². The standard InChI is InChI=1S/C60H46N2O2.2C6H6O.Zr/c63-59-45(35-43-23-9-13-27-49(43)57(59)55-47-25-11-7-21-41(47)31-33-51(55)39-17-3-1-4-18-39)37-61-53-29-15-16-30-54(53)62-38-46-36-44-24-10-14-28-50(44)58(60(46)64)56-48-26-12-8-22-42(48)32-34-52(56)40-19-5-2-6-20-40;2*7-6-4-2-1-3-5-6;/h1-14,17-28,31-38,53-54,63-64H,15-16,29-30H2;2*1-5,7H;/t53-,54-;;;/m0.../s1. The molecule has 0 bridgehead atoms. The summed E-state index contributed by atoms with van der Waals surface area (Å²) in [6.45, 7) is 0. The van der Waals surface area contributed by atoms with Crippen LogP contribution in [0.3, 0.4) is 0 Å². The van der Waals surface area contributed by atoms with Crippen molar-refractivity contribution in [1.29, 1.82) is 0 Å².